The van der Waals surface area contributed by atoms with E-state index in [1.807, 2.05) is 26.1 Å². The van der Waals surface area contributed by atoms with Gasteiger partial charge in [-0.05, 0) is 55.9 Å². The van der Waals surface area contributed by atoms with Crippen molar-refractivity contribution in [2.24, 2.45) is 11.8 Å². The van der Waals surface area contributed by atoms with Gasteiger partial charge >= 0.3 is 0 Å². The first kappa shape index (κ1) is 22.0. The maximum Gasteiger partial charge on any atom is 0.226 e. The fourth-order valence-corrected chi connectivity index (χ4v) is 6.08. The number of rotatable bonds is 5. The van der Waals surface area contributed by atoms with E-state index >= 15 is 0 Å². The third kappa shape index (κ3) is 3.92. The second-order valence-electron chi connectivity index (χ2n) is 10.1. The molecule has 8 nitrogen and oxygen atoms in total. The van der Waals surface area contributed by atoms with Gasteiger partial charge in [0.1, 0.15) is 29.6 Å². The average Bonchev–Trinajstić information content (AvgIpc) is 3.29. The molecule has 2 aliphatic heterocycles. The molecule has 2 unspecified atom stereocenters. The van der Waals surface area contributed by atoms with Gasteiger partial charge in [-0.1, -0.05) is 6.92 Å². The topological polar surface area (TPSA) is 82.1 Å². The van der Waals surface area contributed by atoms with Crippen molar-refractivity contribution in [1.29, 1.82) is 0 Å². The summed E-state index contributed by atoms with van der Waals surface area (Å²) in [6.45, 7) is 6.91. The van der Waals surface area contributed by atoms with Crippen molar-refractivity contribution in [3.05, 3.63) is 53.7 Å². The number of anilines is 5. The summed E-state index contributed by atoms with van der Waals surface area (Å²) >= 11 is 0. The van der Waals surface area contributed by atoms with Gasteiger partial charge in [0.2, 0.25) is 5.95 Å². The molecule has 2 N–H and O–H groups in total. The summed E-state index contributed by atoms with van der Waals surface area (Å²) in [4.78, 5) is 23.2. The highest BCUT2D eigenvalue weighted by molar-refractivity contribution is 5.74. The first-order chi connectivity index (χ1) is 17.0. The highest BCUT2D eigenvalue weighted by Crippen LogP contribution is 2.44. The fraction of sp³-hybridized carbons (Fsp3) is 0.462. The molecule has 2 bridgehead atoms. The van der Waals surface area contributed by atoms with Crippen LogP contribution in [0, 0.1) is 24.6 Å². The molecule has 3 aromatic rings. The van der Waals surface area contributed by atoms with Crippen molar-refractivity contribution < 1.29 is 4.39 Å². The van der Waals surface area contributed by atoms with Crippen LogP contribution in [0.5, 0.6) is 0 Å². The quantitative estimate of drug-likeness (QED) is 0.565. The van der Waals surface area contributed by atoms with Crippen LogP contribution in [0.4, 0.5) is 33.5 Å². The molecule has 3 atom stereocenters. The Labute approximate surface area is 205 Å². The molecular formula is C26H31FN8. The van der Waals surface area contributed by atoms with Crippen molar-refractivity contribution in [1.82, 2.24) is 19.9 Å². The summed E-state index contributed by atoms with van der Waals surface area (Å²) in [5.41, 5.74) is 3.05. The summed E-state index contributed by atoms with van der Waals surface area (Å²) in [6, 6.07) is 9.03. The van der Waals surface area contributed by atoms with Gasteiger partial charge in [0, 0.05) is 61.7 Å². The summed E-state index contributed by atoms with van der Waals surface area (Å²) < 4.78 is 13.5. The summed E-state index contributed by atoms with van der Waals surface area (Å²) in [6.07, 6.45) is 4.03. The zero-order valence-electron chi connectivity index (χ0n) is 20.4. The van der Waals surface area contributed by atoms with Gasteiger partial charge in [0.05, 0.1) is 0 Å². The highest BCUT2D eigenvalue weighted by Gasteiger charge is 2.43. The van der Waals surface area contributed by atoms with Crippen LogP contribution in [-0.2, 0) is 0 Å². The van der Waals surface area contributed by atoms with Crippen LogP contribution in [0.15, 0.2) is 36.7 Å². The van der Waals surface area contributed by atoms with Crippen molar-refractivity contribution in [2.45, 2.75) is 38.6 Å². The van der Waals surface area contributed by atoms with Gasteiger partial charge in [0.25, 0.3) is 0 Å². The largest absolute Gasteiger partial charge is 0.373 e. The number of hydrogen-bond donors (Lipinski definition) is 2. The van der Waals surface area contributed by atoms with Crippen LogP contribution in [0.25, 0.3) is 0 Å². The Morgan fingerprint density at radius 3 is 2.43 bits per heavy atom. The summed E-state index contributed by atoms with van der Waals surface area (Å²) in [5.74, 6) is 4.47. The second-order valence-corrected chi connectivity index (χ2v) is 10.1. The Morgan fingerprint density at radius 2 is 1.74 bits per heavy atom. The fourth-order valence-electron chi connectivity index (χ4n) is 6.08. The molecule has 6 rings (SSSR count). The van der Waals surface area contributed by atoms with E-state index in [0.29, 0.717) is 23.8 Å². The number of piperidine rings is 1. The predicted molar refractivity (Wildman–Crippen MR) is 136 cm³/mol. The molecule has 9 heteroatoms. The molecule has 1 saturated carbocycles. The summed E-state index contributed by atoms with van der Waals surface area (Å²) in [7, 11) is 1.91. The Bertz CT molecular complexity index is 1220. The van der Waals surface area contributed by atoms with Crippen molar-refractivity contribution >= 4 is 29.1 Å². The van der Waals surface area contributed by atoms with Gasteiger partial charge in [-0.3, -0.25) is 0 Å². The number of fused-ring (bicyclic) bond motifs is 3. The number of aromatic nitrogens is 4. The number of hydrogen-bond acceptors (Lipinski definition) is 8. The zero-order valence-corrected chi connectivity index (χ0v) is 20.4. The molecule has 182 valence electrons. The molecule has 2 fully saturated rings. The molecule has 1 saturated heterocycles. The number of halogens is 1. The van der Waals surface area contributed by atoms with E-state index in [0.717, 1.165) is 54.0 Å². The second kappa shape index (κ2) is 8.62. The third-order valence-corrected chi connectivity index (χ3v) is 7.75. The number of nitrogens with zero attached hydrogens (tertiary/aromatic N) is 6. The lowest BCUT2D eigenvalue weighted by Crippen LogP contribution is -2.48. The van der Waals surface area contributed by atoms with E-state index in [-0.39, 0.29) is 11.7 Å². The van der Waals surface area contributed by atoms with Crippen LogP contribution in [0.3, 0.4) is 0 Å². The van der Waals surface area contributed by atoms with E-state index in [1.54, 1.807) is 6.33 Å². The Balaban J connectivity index is 1.27. The van der Waals surface area contributed by atoms with E-state index in [1.165, 1.54) is 25.0 Å². The monoisotopic (exact) mass is 474 g/mol. The lowest BCUT2D eigenvalue weighted by Gasteiger charge is -2.39. The van der Waals surface area contributed by atoms with Gasteiger partial charge in [-0.2, -0.15) is 9.97 Å². The highest BCUT2D eigenvalue weighted by atomic mass is 19.1. The first-order valence-electron chi connectivity index (χ1n) is 12.4. The number of nitrogens with one attached hydrogen (secondary N) is 2. The minimum Gasteiger partial charge on any atom is -0.373 e. The van der Waals surface area contributed by atoms with E-state index in [9.17, 15) is 4.39 Å². The van der Waals surface area contributed by atoms with Crippen LogP contribution in [0.2, 0.25) is 0 Å². The lowest BCUT2D eigenvalue weighted by molar-refractivity contribution is 0.375. The van der Waals surface area contributed by atoms with Crippen molar-refractivity contribution in [2.75, 3.05) is 47.1 Å². The van der Waals surface area contributed by atoms with Crippen LogP contribution in [-0.4, -0.2) is 52.7 Å². The molecule has 3 aliphatic rings. The van der Waals surface area contributed by atoms with Crippen LogP contribution in [0.1, 0.15) is 36.9 Å². The van der Waals surface area contributed by atoms with Gasteiger partial charge < -0.3 is 20.4 Å². The average molecular weight is 475 g/mol. The molecule has 2 aromatic heterocycles. The van der Waals surface area contributed by atoms with Crippen LogP contribution >= 0.6 is 0 Å². The Morgan fingerprint density at radius 1 is 1.00 bits per heavy atom. The Kier molecular flexibility index (Phi) is 5.42. The van der Waals surface area contributed by atoms with E-state index in [2.05, 4.69) is 43.4 Å². The first-order valence-corrected chi connectivity index (χ1v) is 12.4. The maximum atomic E-state index is 13.5. The van der Waals surface area contributed by atoms with Crippen molar-refractivity contribution in [3.8, 4) is 0 Å². The Hall–Kier alpha value is -3.49. The molecular weight excluding hydrogens is 443 g/mol. The molecule has 4 heterocycles. The molecule has 35 heavy (non-hydrogen) atoms. The lowest BCUT2D eigenvalue weighted by atomic mass is 9.92. The minimum absolute atomic E-state index is 0.235. The zero-order chi connectivity index (χ0) is 24.1. The SMILES string of the molecule is CNc1nc(NC2C3CCC2CN(c2cc(C)ncn2)C3)nc2c1[C@@H](C)CN2c1ccc(F)cc1. The van der Waals surface area contributed by atoms with Crippen molar-refractivity contribution in [3.63, 3.8) is 0 Å². The molecule has 0 spiro atoms. The van der Waals surface area contributed by atoms with E-state index in [4.69, 9.17) is 9.97 Å². The molecule has 0 radical (unpaired) electrons. The summed E-state index contributed by atoms with van der Waals surface area (Å²) in [5, 5.41) is 7.01. The maximum absolute atomic E-state index is 13.5. The number of benzene rings is 1. The smallest absolute Gasteiger partial charge is 0.226 e. The molecule has 1 aliphatic carbocycles. The van der Waals surface area contributed by atoms with Crippen LogP contribution < -0.4 is 20.4 Å². The van der Waals surface area contributed by atoms with Gasteiger partial charge in [-0.25, -0.2) is 14.4 Å². The van der Waals surface area contributed by atoms with Gasteiger partial charge in [-0.15, -0.1) is 0 Å². The molecule has 0 amide bonds. The standard InChI is InChI=1S/C26H31FN8/c1-15-11-35(20-8-6-19(27)7-9-20)25-22(15)24(28-3)32-26(33-25)31-23-17-4-5-18(23)13-34(12-17)21-10-16(2)29-14-30-21/h6-10,14-15,17-18,23H,4-5,11-13H2,1-3H3,(H2,28,31,32,33)/t15-,17?,18?,23?/m0/s1. The van der Waals surface area contributed by atoms with E-state index < -0.39 is 0 Å². The normalized spacial score (nSPS) is 25.0. The predicted octanol–water partition coefficient (Wildman–Crippen LogP) is 4.34. The number of aryl methyl sites for hydroxylation is 1. The van der Waals surface area contributed by atoms with Gasteiger partial charge in [0.15, 0.2) is 0 Å². The molecule has 1 aromatic carbocycles. The minimum atomic E-state index is -0.235. The third-order valence-electron chi connectivity index (χ3n) is 7.75.